The Balaban J connectivity index is 1.87. The zero-order chi connectivity index (χ0) is 15.7. The van der Waals surface area contributed by atoms with Gasteiger partial charge in [-0.25, -0.2) is 0 Å². The van der Waals surface area contributed by atoms with Crippen LogP contribution in [0, 0.1) is 0 Å². The topological polar surface area (TPSA) is 99.4 Å². The normalized spacial score (nSPS) is 32.1. The highest BCUT2D eigenvalue weighted by Crippen LogP contribution is 2.29. The third kappa shape index (κ3) is 2.67. The van der Waals surface area contributed by atoms with Crippen LogP contribution in [-0.2, 0) is 4.74 Å². The minimum absolute atomic E-state index is 0.486. The quantitative estimate of drug-likeness (QED) is 0.638. The van der Waals surface area contributed by atoms with Gasteiger partial charge in [0.15, 0.2) is 0 Å². The highest BCUT2D eigenvalue weighted by atomic mass is 16.7. The van der Waals surface area contributed by atoms with Crippen molar-refractivity contribution in [1.29, 1.82) is 0 Å². The second-order valence-corrected chi connectivity index (χ2v) is 5.29. The van der Waals surface area contributed by atoms with Gasteiger partial charge in [0.1, 0.15) is 30.2 Å². The van der Waals surface area contributed by atoms with E-state index in [4.69, 9.17) is 9.47 Å². The summed E-state index contributed by atoms with van der Waals surface area (Å²) < 4.78 is 11.0. The Labute approximate surface area is 127 Å². The molecule has 5 atom stereocenters. The molecule has 22 heavy (non-hydrogen) atoms. The lowest BCUT2D eigenvalue weighted by Crippen LogP contribution is -2.60. The maximum Gasteiger partial charge on any atom is 0.229 e. The largest absolute Gasteiger partial charge is 0.461 e. The van der Waals surface area contributed by atoms with Gasteiger partial charge in [0.05, 0.1) is 6.61 Å². The molecule has 6 nitrogen and oxygen atoms in total. The number of ether oxygens (including phenoxy) is 2. The Hall–Kier alpha value is -1.70. The van der Waals surface area contributed by atoms with Gasteiger partial charge in [0.25, 0.3) is 0 Å². The molecule has 0 spiro atoms. The van der Waals surface area contributed by atoms with E-state index in [9.17, 15) is 20.4 Å². The third-order valence-corrected chi connectivity index (χ3v) is 3.84. The highest BCUT2D eigenvalue weighted by molar-refractivity contribution is 5.88. The van der Waals surface area contributed by atoms with E-state index >= 15 is 0 Å². The first-order valence-electron chi connectivity index (χ1n) is 7.07. The summed E-state index contributed by atoms with van der Waals surface area (Å²) in [6.45, 7) is -0.486. The smallest absolute Gasteiger partial charge is 0.229 e. The molecule has 118 valence electrons. The van der Waals surface area contributed by atoms with Crippen molar-refractivity contribution < 1.29 is 29.9 Å². The Morgan fingerprint density at radius 1 is 0.909 bits per heavy atom. The van der Waals surface area contributed by atoms with Gasteiger partial charge in [0, 0.05) is 5.39 Å². The Morgan fingerprint density at radius 3 is 2.41 bits per heavy atom. The Kier molecular flexibility index (Phi) is 4.28. The first-order valence-corrected chi connectivity index (χ1v) is 7.07. The maximum absolute atomic E-state index is 10.0. The lowest BCUT2D eigenvalue weighted by Gasteiger charge is -2.39. The SMILES string of the molecule is OC[C@H]1O[C@@H](Oc2cccc3ccccc23)[C@@H](O)[C@@H](O)[C@@H]1O. The molecule has 0 aromatic heterocycles. The first-order chi connectivity index (χ1) is 10.6. The molecule has 6 heteroatoms. The zero-order valence-corrected chi connectivity index (χ0v) is 11.7. The van der Waals surface area contributed by atoms with Gasteiger partial charge in [0.2, 0.25) is 6.29 Å². The van der Waals surface area contributed by atoms with E-state index in [0.29, 0.717) is 5.75 Å². The molecule has 0 radical (unpaired) electrons. The van der Waals surface area contributed by atoms with Crippen molar-refractivity contribution in [1.82, 2.24) is 0 Å². The molecule has 1 saturated heterocycles. The monoisotopic (exact) mass is 306 g/mol. The van der Waals surface area contributed by atoms with E-state index in [-0.39, 0.29) is 0 Å². The molecule has 3 rings (SSSR count). The van der Waals surface area contributed by atoms with E-state index in [0.717, 1.165) is 10.8 Å². The Bertz CT molecular complexity index is 638. The molecule has 1 fully saturated rings. The van der Waals surface area contributed by atoms with Crippen molar-refractivity contribution in [2.45, 2.75) is 30.7 Å². The van der Waals surface area contributed by atoms with Crippen LogP contribution in [0.1, 0.15) is 0 Å². The summed E-state index contributed by atoms with van der Waals surface area (Å²) in [4.78, 5) is 0. The fourth-order valence-electron chi connectivity index (χ4n) is 2.59. The minimum Gasteiger partial charge on any atom is -0.461 e. The molecule has 0 aliphatic carbocycles. The van der Waals surface area contributed by atoms with Crippen molar-refractivity contribution >= 4 is 10.8 Å². The second-order valence-electron chi connectivity index (χ2n) is 5.29. The molecule has 0 saturated carbocycles. The Morgan fingerprint density at radius 2 is 1.64 bits per heavy atom. The average Bonchev–Trinajstić information content (AvgIpc) is 2.55. The van der Waals surface area contributed by atoms with E-state index in [1.54, 1.807) is 6.07 Å². The molecule has 1 aliphatic heterocycles. The number of benzene rings is 2. The summed E-state index contributed by atoms with van der Waals surface area (Å²) >= 11 is 0. The van der Waals surface area contributed by atoms with Gasteiger partial charge in [-0.1, -0.05) is 36.4 Å². The lowest BCUT2D eigenvalue weighted by atomic mass is 9.99. The van der Waals surface area contributed by atoms with Crippen molar-refractivity contribution in [2.24, 2.45) is 0 Å². The van der Waals surface area contributed by atoms with Crippen LogP contribution < -0.4 is 4.74 Å². The van der Waals surface area contributed by atoms with Crippen LogP contribution in [0.4, 0.5) is 0 Å². The third-order valence-electron chi connectivity index (χ3n) is 3.84. The van der Waals surface area contributed by atoms with Crippen LogP contribution in [0.2, 0.25) is 0 Å². The predicted molar refractivity (Wildman–Crippen MR) is 78.3 cm³/mol. The zero-order valence-electron chi connectivity index (χ0n) is 11.7. The van der Waals surface area contributed by atoms with Crippen molar-refractivity contribution in [3.63, 3.8) is 0 Å². The molecule has 1 aliphatic rings. The number of hydrogen-bond acceptors (Lipinski definition) is 6. The van der Waals surface area contributed by atoms with Crippen molar-refractivity contribution in [3.8, 4) is 5.75 Å². The van der Waals surface area contributed by atoms with Gasteiger partial charge in [-0.05, 0) is 11.5 Å². The number of hydrogen-bond donors (Lipinski definition) is 4. The minimum atomic E-state index is -1.45. The standard InChI is InChI=1S/C16H18O6/c17-8-12-13(18)14(19)15(20)16(22-12)21-11-7-3-5-9-4-1-2-6-10(9)11/h1-7,12-20H,8H2/t12-,13-,14+,15+,16-/m1/s1. The summed E-state index contributed by atoms with van der Waals surface area (Å²) in [5.74, 6) is 0.488. The fraction of sp³-hybridized carbons (Fsp3) is 0.375. The van der Waals surface area contributed by atoms with Gasteiger partial charge in [-0.3, -0.25) is 0 Å². The second kappa shape index (κ2) is 6.20. The number of rotatable bonds is 3. The molecule has 0 amide bonds. The van der Waals surface area contributed by atoms with Crippen LogP contribution >= 0.6 is 0 Å². The summed E-state index contributed by atoms with van der Waals surface area (Å²) in [5.41, 5.74) is 0. The van der Waals surface area contributed by atoms with Gasteiger partial charge in [-0.15, -0.1) is 0 Å². The number of fused-ring (bicyclic) bond motifs is 1. The first kappa shape index (κ1) is 15.2. The number of aliphatic hydroxyl groups is 4. The van der Waals surface area contributed by atoms with E-state index < -0.39 is 37.3 Å². The van der Waals surface area contributed by atoms with E-state index in [1.807, 2.05) is 36.4 Å². The fourth-order valence-corrected chi connectivity index (χ4v) is 2.59. The molecule has 2 aromatic carbocycles. The molecular weight excluding hydrogens is 288 g/mol. The maximum atomic E-state index is 10.0. The molecule has 4 N–H and O–H groups in total. The molecule has 2 aromatic rings. The van der Waals surface area contributed by atoms with Crippen LogP contribution in [0.25, 0.3) is 10.8 Å². The predicted octanol–water partition coefficient (Wildman–Crippen LogP) is 0.0185. The van der Waals surface area contributed by atoms with Crippen LogP contribution in [-0.4, -0.2) is 57.7 Å². The summed E-state index contributed by atoms with van der Waals surface area (Å²) in [7, 11) is 0. The van der Waals surface area contributed by atoms with Gasteiger partial charge >= 0.3 is 0 Å². The summed E-state index contributed by atoms with van der Waals surface area (Å²) in [6, 6.07) is 13.0. The van der Waals surface area contributed by atoms with Crippen LogP contribution in [0.3, 0.4) is 0 Å². The number of aliphatic hydroxyl groups excluding tert-OH is 4. The van der Waals surface area contributed by atoms with Gasteiger partial charge in [-0.2, -0.15) is 0 Å². The lowest BCUT2D eigenvalue weighted by molar-refractivity contribution is -0.277. The highest BCUT2D eigenvalue weighted by Gasteiger charge is 2.44. The molecular formula is C16H18O6. The average molecular weight is 306 g/mol. The van der Waals surface area contributed by atoms with Crippen molar-refractivity contribution in [3.05, 3.63) is 42.5 Å². The van der Waals surface area contributed by atoms with Crippen LogP contribution in [0.5, 0.6) is 5.75 Å². The van der Waals surface area contributed by atoms with Crippen molar-refractivity contribution in [2.75, 3.05) is 6.61 Å². The van der Waals surface area contributed by atoms with Crippen LogP contribution in [0.15, 0.2) is 42.5 Å². The summed E-state index contributed by atoms with van der Waals surface area (Å²) in [6.07, 6.45) is -6.44. The molecule has 0 unspecified atom stereocenters. The van der Waals surface area contributed by atoms with Gasteiger partial charge < -0.3 is 29.9 Å². The van der Waals surface area contributed by atoms with E-state index in [1.165, 1.54) is 0 Å². The summed E-state index contributed by atoms with van der Waals surface area (Å²) in [5, 5.41) is 40.5. The molecule has 1 heterocycles. The van der Waals surface area contributed by atoms with E-state index in [2.05, 4.69) is 0 Å². The molecule has 0 bridgehead atoms.